The van der Waals surface area contributed by atoms with Gasteiger partial charge in [0.2, 0.25) is 11.7 Å². The molecule has 1 aromatic heterocycles. The number of ketones is 1. The van der Waals surface area contributed by atoms with Crippen molar-refractivity contribution >= 4 is 17.4 Å². The lowest BCUT2D eigenvalue weighted by Crippen LogP contribution is -2.30. The van der Waals surface area contributed by atoms with Crippen molar-refractivity contribution in [2.24, 2.45) is 5.92 Å². The zero-order valence-electron chi connectivity index (χ0n) is 20.9. The second-order valence-corrected chi connectivity index (χ2v) is 9.81. The van der Waals surface area contributed by atoms with E-state index in [9.17, 15) is 14.9 Å². The first-order valence-electron chi connectivity index (χ1n) is 12.9. The predicted octanol–water partition coefficient (Wildman–Crippen LogP) is 5.00. The molecule has 1 aliphatic carbocycles. The lowest BCUT2D eigenvalue weighted by molar-refractivity contribution is -0.117. The number of carbonyl (C=O) groups is 2. The summed E-state index contributed by atoms with van der Waals surface area (Å²) in [4.78, 5) is 29.4. The Morgan fingerprint density at radius 3 is 2.45 bits per heavy atom. The number of nitrogens with zero attached hydrogens (tertiary/aromatic N) is 4. The molecule has 0 radical (unpaired) electrons. The Morgan fingerprint density at radius 2 is 1.66 bits per heavy atom. The van der Waals surface area contributed by atoms with Crippen molar-refractivity contribution in [3.63, 3.8) is 0 Å². The Balaban J connectivity index is 1.32. The normalized spacial score (nSPS) is 14.9. The minimum absolute atomic E-state index is 0.173. The van der Waals surface area contributed by atoms with Crippen molar-refractivity contribution in [1.82, 2.24) is 14.7 Å². The van der Waals surface area contributed by atoms with Gasteiger partial charge in [-0.15, -0.1) is 0 Å². The van der Waals surface area contributed by atoms with E-state index in [0.29, 0.717) is 12.1 Å². The van der Waals surface area contributed by atoms with E-state index in [0.717, 1.165) is 53.3 Å². The second kappa shape index (κ2) is 10.1. The van der Waals surface area contributed by atoms with Gasteiger partial charge in [-0.05, 0) is 55.3 Å². The molecular formula is C31H27N5O2. The SMILES string of the molecule is N#CC(C(=O)Nc1ccccc1CN1CCCC1)C(=O)c1nn(-c2ccccc2)c2c1Cc1ccccc1-2. The molecule has 3 aromatic carbocycles. The summed E-state index contributed by atoms with van der Waals surface area (Å²) < 4.78 is 1.76. The van der Waals surface area contributed by atoms with Gasteiger partial charge in [0, 0.05) is 29.8 Å². The molecule has 1 fully saturated rings. The highest BCUT2D eigenvalue weighted by atomic mass is 16.2. The van der Waals surface area contributed by atoms with E-state index in [1.807, 2.05) is 84.9 Å². The predicted molar refractivity (Wildman–Crippen MR) is 145 cm³/mol. The molecule has 2 aliphatic rings. The van der Waals surface area contributed by atoms with Gasteiger partial charge in [0.05, 0.1) is 17.5 Å². The molecule has 7 heteroatoms. The number of nitriles is 1. The van der Waals surface area contributed by atoms with Crippen molar-refractivity contribution < 1.29 is 9.59 Å². The number of rotatable bonds is 7. The standard InChI is InChI=1S/C31H27N5O2/c32-19-26(31(38)33-27-15-7-5-11-22(27)20-35-16-8-9-17-35)30(37)28-25-18-21-10-4-6-14-24(21)29(25)36(34-28)23-12-2-1-3-13-23/h1-7,10-15,26H,8-9,16-18,20H2,(H,33,38). The van der Waals surface area contributed by atoms with Gasteiger partial charge in [-0.25, -0.2) is 4.68 Å². The summed E-state index contributed by atoms with van der Waals surface area (Å²) >= 11 is 0. The number of aromatic nitrogens is 2. The fraction of sp³-hybridized carbons (Fsp3) is 0.226. The van der Waals surface area contributed by atoms with Crippen molar-refractivity contribution in [3.05, 3.63) is 101 Å². The summed E-state index contributed by atoms with van der Waals surface area (Å²) in [5, 5.41) is 17.5. The zero-order chi connectivity index (χ0) is 26.1. The van der Waals surface area contributed by atoms with Crippen LogP contribution < -0.4 is 5.32 Å². The third-order valence-electron chi connectivity index (χ3n) is 7.38. The summed E-state index contributed by atoms with van der Waals surface area (Å²) in [7, 11) is 0. The number of para-hydroxylation sites is 2. The Labute approximate surface area is 221 Å². The molecule has 2 heterocycles. The maximum absolute atomic E-state index is 13.8. The van der Waals surface area contributed by atoms with Crippen LogP contribution in [-0.4, -0.2) is 39.5 Å². The number of fused-ring (bicyclic) bond motifs is 3. The minimum atomic E-state index is -1.51. The first-order valence-corrected chi connectivity index (χ1v) is 12.9. The summed E-state index contributed by atoms with van der Waals surface area (Å²) in [5.74, 6) is -2.73. The maximum atomic E-state index is 13.8. The van der Waals surface area contributed by atoms with Gasteiger partial charge in [0.1, 0.15) is 5.69 Å². The average Bonchev–Trinajstić information content (AvgIpc) is 3.67. The number of benzene rings is 3. The quantitative estimate of drug-likeness (QED) is 0.250. The van der Waals surface area contributed by atoms with Gasteiger partial charge in [-0.2, -0.15) is 10.4 Å². The van der Waals surface area contributed by atoms with Crippen LogP contribution in [0, 0.1) is 17.2 Å². The second-order valence-electron chi connectivity index (χ2n) is 9.81. The van der Waals surface area contributed by atoms with Crippen LogP contribution in [0.3, 0.4) is 0 Å². The van der Waals surface area contributed by atoms with Crippen LogP contribution in [-0.2, 0) is 17.8 Å². The monoisotopic (exact) mass is 501 g/mol. The fourth-order valence-corrected chi connectivity index (χ4v) is 5.48. The van der Waals surface area contributed by atoms with Crippen LogP contribution in [0.1, 0.15) is 40.0 Å². The first-order chi connectivity index (χ1) is 18.6. The van der Waals surface area contributed by atoms with E-state index in [2.05, 4.69) is 15.3 Å². The Hall–Kier alpha value is -4.54. The molecule has 1 N–H and O–H groups in total. The van der Waals surface area contributed by atoms with E-state index < -0.39 is 17.6 Å². The fourth-order valence-electron chi connectivity index (χ4n) is 5.48. The molecule has 6 rings (SSSR count). The summed E-state index contributed by atoms with van der Waals surface area (Å²) in [6.45, 7) is 2.77. The van der Waals surface area contributed by atoms with Crippen LogP contribution in [0.2, 0.25) is 0 Å². The Morgan fingerprint density at radius 1 is 0.947 bits per heavy atom. The molecule has 0 saturated carbocycles. The number of amides is 1. The van der Waals surface area contributed by atoms with Crippen LogP contribution >= 0.6 is 0 Å². The number of anilines is 1. The van der Waals surface area contributed by atoms with Crippen LogP contribution in [0.5, 0.6) is 0 Å². The van der Waals surface area contributed by atoms with E-state index in [1.54, 1.807) is 4.68 Å². The molecule has 0 spiro atoms. The molecule has 1 unspecified atom stereocenters. The van der Waals surface area contributed by atoms with E-state index in [-0.39, 0.29) is 5.69 Å². The summed E-state index contributed by atoms with van der Waals surface area (Å²) in [5.41, 5.74) is 6.27. The molecule has 38 heavy (non-hydrogen) atoms. The lowest BCUT2D eigenvalue weighted by Gasteiger charge is -2.18. The largest absolute Gasteiger partial charge is 0.324 e. The van der Waals surface area contributed by atoms with Gasteiger partial charge in [0.25, 0.3) is 0 Å². The Kier molecular flexibility index (Phi) is 6.32. The number of carbonyl (C=O) groups excluding carboxylic acids is 2. The van der Waals surface area contributed by atoms with Gasteiger partial charge >= 0.3 is 0 Å². The smallest absolute Gasteiger partial charge is 0.249 e. The molecular weight excluding hydrogens is 474 g/mol. The number of Topliss-reactive ketones (excluding diaryl/α,β-unsaturated/α-hetero) is 1. The molecule has 1 aliphatic heterocycles. The number of hydrogen-bond acceptors (Lipinski definition) is 5. The third-order valence-corrected chi connectivity index (χ3v) is 7.38. The van der Waals surface area contributed by atoms with E-state index >= 15 is 0 Å². The van der Waals surface area contributed by atoms with Crippen LogP contribution in [0.25, 0.3) is 16.9 Å². The number of nitrogens with one attached hydrogen (secondary N) is 1. The maximum Gasteiger partial charge on any atom is 0.249 e. The third kappa shape index (κ3) is 4.29. The highest BCUT2D eigenvalue weighted by Gasteiger charge is 2.36. The summed E-state index contributed by atoms with van der Waals surface area (Å²) in [6, 6.07) is 27.1. The molecule has 1 atom stereocenters. The topological polar surface area (TPSA) is 91.0 Å². The molecule has 1 amide bonds. The first kappa shape index (κ1) is 23.8. The summed E-state index contributed by atoms with van der Waals surface area (Å²) in [6.07, 6.45) is 2.87. The van der Waals surface area contributed by atoms with Crippen molar-refractivity contribution in [1.29, 1.82) is 5.26 Å². The minimum Gasteiger partial charge on any atom is -0.324 e. The van der Waals surface area contributed by atoms with Gasteiger partial charge in [-0.3, -0.25) is 14.5 Å². The van der Waals surface area contributed by atoms with Gasteiger partial charge in [-0.1, -0.05) is 60.7 Å². The van der Waals surface area contributed by atoms with Gasteiger partial charge in [0.15, 0.2) is 5.92 Å². The average molecular weight is 502 g/mol. The van der Waals surface area contributed by atoms with Crippen molar-refractivity contribution in [2.75, 3.05) is 18.4 Å². The number of hydrogen-bond donors (Lipinski definition) is 1. The molecule has 1 saturated heterocycles. The van der Waals surface area contributed by atoms with E-state index in [4.69, 9.17) is 0 Å². The molecule has 188 valence electrons. The number of likely N-dealkylation sites (tertiary alicyclic amines) is 1. The highest BCUT2D eigenvalue weighted by molar-refractivity contribution is 6.16. The molecule has 7 nitrogen and oxygen atoms in total. The van der Waals surface area contributed by atoms with Crippen molar-refractivity contribution in [3.8, 4) is 23.0 Å². The van der Waals surface area contributed by atoms with Crippen LogP contribution in [0.4, 0.5) is 5.69 Å². The van der Waals surface area contributed by atoms with E-state index in [1.165, 1.54) is 12.8 Å². The molecule has 4 aromatic rings. The van der Waals surface area contributed by atoms with Crippen LogP contribution in [0.15, 0.2) is 78.9 Å². The Bertz CT molecular complexity index is 1560. The lowest BCUT2D eigenvalue weighted by atomic mass is 9.98. The zero-order valence-corrected chi connectivity index (χ0v) is 20.9. The molecule has 0 bridgehead atoms. The van der Waals surface area contributed by atoms with Crippen molar-refractivity contribution in [2.45, 2.75) is 25.8 Å². The van der Waals surface area contributed by atoms with Gasteiger partial charge < -0.3 is 5.32 Å². The highest BCUT2D eigenvalue weighted by Crippen LogP contribution is 2.40.